The second kappa shape index (κ2) is 5.02. The molecule has 0 aliphatic heterocycles. The van der Waals surface area contributed by atoms with Gasteiger partial charge in [0.1, 0.15) is 11.9 Å². The smallest absolute Gasteiger partial charge is 0.119 e. The van der Waals surface area contributed by atoms with Crippen molar-refractivity contribution in [2.45, 2.75) is 6.10 Å². The zero-order valence-corrected chi connectivity index (χ0v) is 11.6. The Morgan fingerprint density at radius 1 is 1.05 bits per heavy atom. The van der Waals surface area contributed by atoms with Crippen molar-refractivity contribution < 1.29 is 9.84 Å². The molecular weight excluding hydrogens is 250 g/mol. The van der Waals surface area contributed by atoms with Crippen LogP contribution in [0.1, 0.15) is 17.4 Å². The van der Waals surface area contributed by atoms with E-state index in [0.29, 0.717) is 0 Å². The number of rotatable bonds is 3. The molecule has 20 heavy (non-hydrogen) atoms. The molecule has 0 aliphatic carbocycles. The molecule has 0 aliphatic rings. The Bertz CT molecular complexity index is 746. The number of aromatic nitrogens is 1. The van der Waals surface area contributed by atoms with Gasteiger partial charge in [0, 0.05) is 13.2 Å². The molecule has 1 aromatic heterocycles. The lowest BCUT2D eigenvalue weighted by Crippen LogP contribution is -2.04. The molecule has 2 aromatic carbocycles. The summed E-state index contributed by atoms with van der Waals surface area (Å²) < 4.78 is 7.16. The fourth-order valence-electron chi connectivity index (χ4n) is 2.47. The summed E-state index contributed by atoms with van der Waals surface area (Å²) in [6.07, 6.45) is 1.33. The van der Waals surface area contributed by atoms with Crippen LogP contribution in [0.3, 0.4) is 0 Å². The predicted molar refractivity (Wildman–Crippen MR) is 80.0 cm³/mol. The third-order valence-corrected chi connectivity index (χ3v) is 3.65. The molecule has 3 rings (SSSR count). The zero-order chi connectivity index (χ0) is 14.1. The first-order valence-electron chi connectivity index (χ1n) is 6.56. The topological polar surface area (TPSA) is 34.4 Å². The molecule has 3 heteroatoms. The Kier molecular flexibility index (Phi) is 3.20. The summed E-state index contributed by atoms with van der Waals surface area (Å²) in [5, 5.41) is 12.7. The van der Waals surface area contributed by atoms with Crippen molar-refractivity contribution >= 4 is 10.8 Å². The summed E-state index contributed by atoms with van der Waals surface area (Å²) in [7, 11) is 3.60. The van der Waals surface area contributed by atoms with E-state index in [9.17, 15) is 5.11 Å². The number of fused-ring (bicyclic) bond motifs is 1. The first-order valence-corrected chi connectivity index (χ1v) is 6.56. The van der Waals surface area contributed by atoms with E-state index in [-0.39, 0.29) is 0 Å². The molecule has 1 unspecified atom stereocenters. The van der Waals surface area contributed by atoms with Gasteiger partial charge in [0.15, 0.2) is 0 Å². The second-order valence-electron chi connectivity index (χ2n) is 4.92. The zero-order valence-electron chi connectivity index (χ0n) is 11.6. The molecule has 1 atom stereocenters. The van der Waals surface area contributed by atoms with Gasteiger partial charge in [0.05, 0.1) is 12.8 Å². The lowest BCUT2D eigenvalue weighted by atomic mass is 10.0. The fraction of sp³-hybridized carbons (Fsp3) is 0.176. The van der Waals surface area contributed by atoms with Crippen LogP contribution in [0.25, 0.3) is 10.8 Å². The van der Waals surface area contributed by atoms with E-state index in [1.807, 2.05) is 66.3 Å². The minimum absolute atomic E-state index is 0.610. The minimum atomic E-state index is -0.610. The first kappa shape index (κ1) is 12.8. The number of ether oxygens (including phenoxy) is 1. The monoisotopic (exact) mass is 267 g/mol. The van der Waals surface area contributed by atoms with Crippen molar-refractivity contribution in [2.75, 3.05) is 7.11 Å². The Balaban J connectivity index is 2.03. The highest BCUT2D eigenvalue weighted by Crippen LogP contribution is 2.27. The molecule has 0 radical (unpaired) electrons. The standard InChI is InChI=1S/C17H17NO2/c1-18-9-3-4-16(18)17(19)14-6-5-13-11-15(20-2)8-7-12(13)10-14/h3-11,17,19H,1-2H3. The van der Waals surface area contributed by atoms with E-state index < -0.39 is 6.10 Å². The molecular formula is C17H17NO2. The molecule has 0 amide bonds. The Hall–Kier alpha value is -2.26. The summed E-state index contributed by atoms with van der Waals surface area (Å²) in [5.41, 5.74) is 1.78. The van der Waals surface area contributed by atoms with Gasteiger partial charge < -0.3 is 14.4 Å². The maximum absolute atomic E-state index is 10.5. The number of aliphatic hydroxyl groups excluding tert-OH is 1. The highest BCUT2D eigenvalue weighted by molar-refractivity contribution is 5.84. The molecule has 1 heterocycles. The van der Waals surface area contributed by atoms with Crippen LogP contribution in [0.4, 0.5) is 0 Å². The van der Waals surface area contributed by atoms with Gasteiger partial charge in [0.2, 0.25) is 0 Å². The first-order chi connectivity index (χ1) is 9.69. The maximum Gasteiger partial charge on any atom is 0.119 e. The van der Waals surface area contributed by atoms with E-state index in [1.165, 1.54) is 0 Å². The molecule has 1 N–H and O–H groups in total. The molecule has 102 valence electrons. The number of methoxy groups -OCH3 is 1. The molecule has 3 nitrogen and oxygen atoms in total. The lowest BCUT2D eigenvalue weighted by molar-refractivity contribution is 0.211. The number of benzene rings is 2. The molecule has 0 bridgehead atoms. The van der Waals surface area contributed by atoms with Crippen molar-refractivity contribution in [1.82, 2.24) is 4.57 Å². The van der Waals surface area contributed by atoms with E-state index in [2.05, 4.69) is 0 Å². The van der Waals surface area contributed by atoms with Gasteiger partial charge in [-0.3, -0.25) is 0 Å². The van der Waals surface area contributed by atoms with Gasteiger partial charge in [-0.2, -0.15) is 0 Å². The Morgan fingerprint density at radius 2 is 1.80 bits per heavy atom. The number of aliphatic hydroxyl groups is 1. The van der Waals surface area contributed by atoms with E-state index in [0.717, 1.165) is 27.8 Å². The van der Waals surface area contributed by atoms with Gasteiger partial charge in [0.25, 0.3) is 0 Å². The normalized spacial score (nSPS) is 12.6. The summed E-state index contributed by atoms with van der Waals surface area (Å²) >= 11 is 0. The van der Waals surface area contributed by atoms with Crippen LogP contribution in [0.15, 0.2) is 54.7 Å². The minimum Gasteiger partial charge on any atom is -0.497 e. The molecule has 3 aromatic rings. The number of hydrogen-bond acceptors (Lipinski definition) is 2. The molecule has 0 saturated carbocycles. The second-order valence-corrected chi connectivity index (χ2v) is 4.92. The van der Waals surface area contributed by atoms with Gasteiger partial charge in [-0.05, 0) is 46.7 Å². The van der Waals surface area contributed by atoms with Crippen molar-refractivity contribution in [3.05, 3.63) is 66.0 Å². The van der Waals surface area contributed by atoms with Crippen LogP contribution in [-0.4, -0.2) is 16.8 Å². The summed E-state index contributed by atoms with van der Waals surface area (Å²) in [5.74, 6) is 0.841. The number of hydrogen-bond donors (Lipinski definition) is 1. The predicted octanol–water partition coefficient (Wildman–Crippen LogP) is 3.27. The van der Waals surface area contributed by atoms with Gasteiger partial charge in [-0.1, -0.05) is 18.2 Å². The van der Waals surface area contributed by atoms with E-state index in [1.54, 1.807) is 7.11 Å². The van der Waals surface area contributed by atoms with Crippen LogP contribution >= 0.6 is 0 Å². The lowest BCUT2D eigenvalue weighted by Gasteiger charge is -2.13. The summed E-state index contributed by atoms with van der Waals surface area (Å²) in [6, 6.07) is 15.8. The highest BCUT2D eigenvalue weighted by atomic mass is 16.5. The fourth-order valence-corrected chi connectivity index (χ4v) is 2.47. The van der Waals surface area contributed by atoms with Crippen molar-refractivity contribution in [3.8, 4) is 5.75 Å². The van der Waals surface area contributed by atoms with Crippen molar-refractivity contribution in [2.24, 2.45) is 7.05 Å². The third-order valence-electron chi connectivity index (χ3n) is 3.65. The number of nitrogens with zero attached hydrogens (tertiary/aromatic N) is 1. The maximum atomic E-state index is 10.5. The summed E-state index contributed by atoms with van der Waals surface area (Å²) in [6.45, 7) is 0. The van der Waals surface area contributed by atoms with Crippen LogP contribution in [0.5, 0.6) is 5.75 Å². The number of aryl methyl sites for hydroxylation is 1. The van der Waals surface area contributed by atoms with Crippen LogP contribution in [-0.2, 0) is 7.05 Å². The van der Waals surface area contributed by atoms with Gasteiger partial charge >= 0.3 is 0 Å². The highest BCUT2D eigenvalue weighted by Gasteiger charge is 2.13. The van der Waals surface area contributed by atoms with Crippen molar-refractivity contribution in [3.63, 3.8) is 0 Å². The largest absolute Gasteiger partial charge is 0.497 e. The van der Waals surface area contributed by atoms with E-state index in [4.69, 9.17) is 4.74 Å². The van der Waals surface area contributed by atoms with Gasteiger partial charge in [-0.25, -0.2) is 0 Å². The molecule has 0 fully saturated rings. The Labute approximate surface area is 118 Å². The Morgan fingerprint density at radius 3 is 2.50 bits per heavy atom. The third kappa shape index (κ3) is 2.17. The molecule has 0 spiro atoms. The van der Waals surface area contributed by atoms with E-state index >= 15 is 0 Å². The average molecular weight is 267 g/mol. The molecule has 0 saturated heterocycles. The van der Waals surface area contributed by atoms with Crippen LogP contribution in [0, 0.1) is 0 Å². The van der Waals surface area contributed by atoms with Crippen molar-refractivity contribution in [1.29, 1.82) is 0 Å². The average Bonchev–Trinajstić information content (AvgIpc) is 2.91. The summed E-state index contributed by atoms with van der Waals surface area (Å²) in [4.78, 5) is 0. The SMILES string of the molecule is COc1ccc2cc(C(O)c3cccn3C)ccc2c1. The quantitative estimate of drug-likeness (QED) is 0.790. The van der Waals surface area contributed by atoms with Gasteiger partial charge in [-0.15, -0.1) is 0 Å². The van der Waals surface area contributed by atoms with Crippen LogP contribution < -0.4 is 4.74 Å². The van der Waals surface area contributed by atoms with Crippen LogP contribution in [0.2, 0.25) is 0 Å².